The minimum absolute atomic E-state index is 0.0566. The maximum Gasteiger partial charge on any atom is 0.354 e. The lowest BCUT2D eigenvalue weighted by Gasteiger charge is -1.99. The van der Waals surface area contributed by atoms with E-state index in [2.05, 4.69) is 9.97 Å². The number of hydrogen-bond acceptors (Lipinski definition) is 3. The smallest absolute Gasteiger partial charge is 0.354 e. The minimum Gasteiger partial charge on any atom is -0.477 e. The maximum absolute atomic E-state index is 10.9. The Morgan fingerprint density at radius 3 is 2.84 bits per heavy atom. The van der Waals surface area contributed by atoms with Crippen LogP contribution in [-0.2, 0) is 0 Å². The molecule has 0 saturated carbocycles. The Balaban J connectivity index is 1.92. The van der Waals surface area contributed by atoms with Gasteiger partial charge in [-0.3, -0.25) is 0 Å². The second kappa shape index (κ2) is 4.78. The van der Waals surface area contributed by atoms with E-state index in [9.17, 15) is 4.79 Å². The minimum atomic E-state index is -1.01. The Morgan fingerprint density at radius 2 is 2.05 bits per heavy atom. The summed E-state index contributed by atoms with van der Waals surface area (Å²) in [6, 6.07) is 13.4. The summed E-state index contributed by atoms with van der Waals surface area (Å²) in [6.45, 7) is 0. The maximum atomic E-state index is 10.9. The van der Waals surface area contributed by atoms with Crippen molar-refractivity contribution in [2.75, 3.05) is 0 Å². The number of fused-ring (bicyclic) bond motifs is 1. The lowest BCUT2D eigenvalue weighted by Crippen LogP contribution is -1.99. The van der Waals surface area contributed by atoms with Crippen LogP contribution in [0, 0.1) is 0 Å². The number of para-hydroxylation sites is 1. The Morgan fingerprint density at radius 1 is 1.21 bits per heavy atom. The molecule has 0 atom stereocenters. The number of aromatic amines is 1. The van der Waals surface area contributed by atoms with Crippen LogP contribution in [0.25, 0.3) is 10.9 Å². The van der Waals surface area contributed by atoms with Crippen LogP contribution in [0.2, 0.25) is 0 Å². The predicted octanol–water partition coefficient (Wildman–Crippen LogP) is 3.41. The zero-order chi connectivity index (χ0) is 13.2. The second-order valence-electron chi connectivity index (χ2n) is 4.00. The fourth-order valence-corrected chi connectivity index (χ4v) is 2.72. The number of carboxylic acid groups (broad SMARTS) is 1. The van der Waals surface area contributed by atoms with Gasteiger partial charge in [-0.2, -0.15) is 0 Å². The van der Waals surface area contributed by atoms with E-state index in [0.29, 0.717) is 0 Å². The molecule has 4 nitrogen and oxygen atoms in total. The standard InChI is InChI=1S/C14H10N2O2S/c17-14(18)12-8-10(5-6-15-12)19-13-7-9-3-1-2-4-11(9)16-13/h1-8,16H,(H,17,18). The van der Waals surface area contributed by atoms with Gasteiger partial charge in [-0.05, 0) is 24.3 Å². The molecule has 1 aromatic carbocycles. The van der Waals surface area contributed by atoms with Gasteiger partial charge in [0.2, 0.25) is 0 Å². The Kier molecular flexibility index (Phi) is 2.97. The first-order valence-electron chi connectivity index (χ1n) is 5.67. The van der Waals surface area contributed by atoms with Crippen molar-refractivity contribution in [2.45, 2.75) is 9.92 Å². The highest BCUT2D eigenvalue weighted by molar-refractivity contribution is 7.99. The van der Waals surface area contributed by atoms with Crippen molar-refractivity contribution in [2.24, 2.45) is 0 Å². The number of hydrogen-bond donors (Lipinski definition) is 2. The van der Waals surface area contributed by atoms with Gasteiger partial charge in [-0.15, -0.1) is 0 Å². The molecule has 0 amide bonds. The SMILES string of the molecule is O=C(O)c1cc(Sc2cc3ccccc3[nH]2)ccn1. The number of aromatic nitrogens is 2. The van der Waals surface area contributed by atoms with Gasteiger partial charge in [-0.25, -0.2) is 9.78 Å². The van der Waals surface area contributed by atoms with Gasteiger partial charge in [0.1, 0.15) is 5.69 Å². The van der Waals surface area contributed by atoms with Crippen molar-refractivity contribution in [3.63, 3.8) is 0 Å². The normalized spacial score (nSPS) is 10.7. The zero-order valence-electron chi connectivity index (χ0n) is 9.83. The average molecular weight is 270 g/mol. The van der Waals surface area contributed by atoms with Crippen molar-refractivity contribution in [3.8, 4) is 0 Å². The lowest BCUT2D eigenvalue weighted by atomic mass is 10.3. The van der Waals surface area contributed by atoms with E-state index in [0.717, 1.165) is 20.8 Å². The first-order valence-corrected chi connectivity index (χ1v) is 6.49. The third-order valence-electron chi connectivity index (χ3n) is 2.68. The molecule has 5 heteroatoms. The average Bonchev–Trinajstić information content (AvgIpc) is 2.81. The van der Waals surface area contributed by atoms with E-state index >= 15 is 0 Å². The molecule has 0 aliphatic carbocycles. The Labute approximate surface area is 113 Å². The van der Waals surface area contributed by atoms with Crippen LogP contribution < -0.4 is 0 Å². The van der Waals surface area contributed by atoms with Gasteiger partial charge in [0.05, 0.1) is 5.03 Å². The van der Waals surface area contributed by atoms with Crippen LogP contribution in [0.5, 0.6) is 0 Å². The number of rotatable bonds is 3. The predicted molar refractivity (Wildman–Crippen MR) is 73.6 cm³/mol. The molecule has 0 fully saturated rings. The molecule has 0 spiro atoms. The molecule has 0 aliphatic rings. The van der Waals surface area contributed by atoms with Crippen LogP contribution in [0.15, 0.2) is 58.6 Å². The van der Waals surface area contributed by atoms with Gasteiger partial charge in [0.15, 0.2) is 0 Å². The van der Waals surface area contributed by atoms with Gasteiger partial charge < -0.3 is 10.1 Å². The molecule has 0 bridgehead atoms. The van der Waals surface area contributed by atoms with Crippen LogP contribution in [0.1, 0.15) is 10.5 Å². The van der Waals surface area contributed by atoms with Crippen molar-refractivity contribution in [1.29, 1.82) is 0 Å². The van der Waals surface area contributed by atoms with Gasteiger partial charge in [0, 0.05) is 22.0 Å². The van der Waals surface area contributed by atoms with E-state index in [-0.39, 0.29) is 5.69 Å². The topological polar surface area (TPSA) is 66.0 Å². The number of benzene rings is 1. The Hall–Kier alpha value is -2.27. The first-order chi connectivity index (χ1) is 9.22. The summed E-state index contributed by atoms with van der Waals surface area (Å²) in [5.74, 6) is -1.01. The number of carbonyl (C=O) groups is 1. The third kappa shape index (κ3) is 2.46. The number of carboxylic acids is 1. The molecule has 0 aliphatic heterocycles. The van der Waals surface area contributed by atoms with Crippen LogP contribution in [0.4, 0.5) is 0 Å². The summed E-state index contributed by atoms with van der Waals surface area (Å²) in [5, 5.41) is 11.0. The monoisotopic (exact) mass is 270 g/mol. The molecule has 19 heavy (non-hydrogen) atoms. The number of H-pyrrole nitrogens is 1. The van der Waals surface area contributed by atoms with E-state index in [4.69, 9.17) is 5.11 Å². The summed E-state index contributed by atoms with van der Waals surface area (Å²) >= 11 is 1.49. The summed E-state index contributed by atoms with van der Waals surface area (Å²) < 4.78 is 0. The summed E-state index contributed by atoms with van der Waals surface area (Å²) in [4.78, 5) is 18.8. The summed E-state index contributed by atoms with van der Waals surface area (Å²) in [6.07, 6.45) is 1.51. The van der Waals surface area contributed by atoms with E-state index in [1.54, 1.807) is 12.1 Å². The van der Waals surface area contributed by atoms with Crippen LogP contribution >= 0.6 is 11.8 Å². The highest BCUT2D eigenvalue weighted by atomic mass is 32.2. The quantitative estimate of drug-likeness (QED) is 0.765. The molecule has 0 saturated heterocycles. The molecule has 0 unspecified atom stereocenters. The van der Waals surface area contributed by atoms with E-state index < -0.39 is 5.97 Å². The van der Waals surface area contributed by atoms with Gasteiger partial charge in [0.25, 0.3) is 0 Å². The number of nitrogens with one attached hydrogen (secondary N) is 1. The van der Waals surface area contributed by atoms with Gasteiger partial charge >= 0.3 is 5.97 Å². The Bertz CT molecular complexity index is 719. The number of aromatic carboxylic acids is 1. The molecule has 0 radical (unpaired) electrons. The van der Waals surface area contributed by atoms with Crippen LogP contribution in [-0.4, -0.2) is 21.0 Å². The zero-order valence-corrected chi connectivity index (χ0v) is 10.6. The van der Waals surface area contributed by atoms with E-state index in [1.807, 2.05) is 30.3 Å². The second-order valence-corrected chi connectivity index (χ2v) is 5.12. The molecule has 3 rings (SSSR count). The fourth-order valence-electron chi connectivity index (χ4n) is 1.82. The number of pyridine rings is 1. The highest BCUT2D eigenvalue weighted by Crippen LogP contribution is 2.29. The largest absolute Gasteiger partial charge is 0.477 e. The lowest BCUT2D eigenvalue weighted by molar-refractivity contribution is 0.0690. The number of nitrogens with zero attached hydrogens (tertiary/aromatic N) is 1. The van der Waals surface area contributed by atoms with E-state index in [1.165, 1.54) is 18.0 Å². The van der Waals surface area contributed by atoms with Crippen molar-refractivity contribution < 1.29 is 9.90 Å². The molecular weight excluding hydrogens is 260 g/mol. The van der Waals surface area contributed by atoms with Crippen molar-refractivity contribution >= 4 is 28.6 Å². The van der Waals surface area contributed by atoms with Gasteiger partial charge in [-0.1, -0.05) is 30.0 Å². The molecule has 2 aromatic heterocycles. The fraction of sp³-hybridized carbons (Fsp3) is 0. The van der Waals surface area contributed by atoms with Crippen molar-refractivity contribution in [3.05, 3.63) is 54.4 Å². The molecular formula is C14H10N2O2S. The highest BCUT2D eigenvalue weighted by Gasteiger charge is 2.07. The summed E-state index contributed by atoms with van der Waals surface area (Å²) in [7, 11) is 0. The molecule has 94 valence electrons. The molecule has 2 heterocycles. The summed E-state index contributed by atoms with van der Waals surface area (Å²) in [5.41, 5.74) is 1.12. The molecule has 2 N–H and O–H groups in total. The van der Waals surface area contributed by atoms with Crippen LogP contribution in [0.3, 0.4) is 0 Å². The molecule has 3 aromatic rings. The first kappa shape index (κ1) is 11.8. The van der Waals surface area contributed by atoms with Crippen molar-refractivity contribution in [1.82, 2.24) is 9.97 Å². The third-order valence-corrected chi connectivity index (χ3v) is 3.61.